The van der Waals surface area contributed by atoms with Crippen LogP contribution >= 0.6 is 9.24 Å². The number of rotatable bonds is 2. The van der Waals surface area contributed by atoms with Gasteiger partial charge in [-0.2, -0.15) is 0 Å². The van der Waals surface area contributed by atoms with Crippen LogP contribution in [-0.2, 0) is 5.60 Å². The lowest BCUT2D eigenvalue weighted by Crippen LogP contribution is -2.45. The van der Waals surface area contributed by atoms with Crippen LogP contribution in [0.25, 0.3) is 0 Å². The first-order valence-corrected chi connectivity index (χ1v) is 6.91. The molecule has 1 aromatic carbocycles. The summed E-state index contributed by atoms with van der Waals surface area (Å²) in [6, 6.07) is 8.77. The molecule has 0 spiro atoms. The summed E-state index contributed by atoms with van der Waals surface area (Å²) in [5.74, 6) is 0. The van der Waals surface area contributed by atoms with E-state index in [4.69, 9.17) is 0 Å². The first kappa shape index (κ1) is 13.0. The third-order valence-electron chi connectivity index (χ3n) is 3.80. The van der Waals surface area contributed by atoms with Gasteiger partial charge in [0.25, 0.3) is 0 Å². The Morgan fingerprint density at radius 1 is 1.18 bits per heavy atom. The summed E-state index contributed by atoms with van der Waals surface area (Å²) in [5.41, 5.74) is 0.441. The number of aliphatic hydroxyl groups is 1. The van der Waals surface area contributed by atoms with Crippen LogP contribution in [0.3, 0.4) is 0 Å². The first-order valence-electron chi connectivity index (χ1n) is 6.34. The number of likely N-dealkylation sites (tertiary alicyclic amines) is 1. The van der Waals surface area contributed by atoms with Crippen molar-refractivity contribution in [2.24, 2.45) is 0 Å². The number of nitrogens with zero attached hydrogens (tertiary/aromatic N) is 1. The van der Waals surface area contributed by atoms with Crippen LogP contribution < -0.4 is 5.30 Å². The third-order valence-corrected chi connectivity index (χ3v) is 4.19. The highest BCUT2D eigenvalue weighted by atomic mass is 31.0. The van der Waals surface area contributed by atoms with Crippen molar-refractivity contribution in [1.82, 2.24) is 4.90 Å². The molecular formula is C14H22NOP. The zero-order chi connectivity index (χ0) is 12.5. The fourth-order valence-corrected chi connectivity index (χ4v) is 2.68. The minimum absolute atomic E-state index is 0.578. The largest absolute Gasteiger partial charge is 0.385 e. The van der Waals surface area contributed by atoms with Gasteiger partial charge in [0.1, 0.15) is 0 Å². The molecule has 1 aromatic rings. The van der Waals surface area contributed by atoms with Gasteiger partial charge in [0.05, 0.1) is 5.60 Å². The van der Waals surface area contributed by atoms with Crippen LogP contribution in [-0.4, -0.2) is 29.1 Å². The summed E-state index contributed by atoms with van der Waals surface area (Å²) in [7, 11) is 2.68. The average Bonchev–Trinajstić information content (AvgIpc) is 2.30. The molecule has 1 aliphatic heterocycles. The fourth-order valence-electron chi connectivity index (χ4n) is 2.49. The zero-order valence-electron chi connectivity index (χ0n) is 10.7. The van der Waals surface area contributed by atoms with E-state index in [0.29, 0.717) is 6.04 Å². The highest BCUT2D eigenvalue weighted by molar-refractivity contribution is 7.27. The van der Waals surface area contributed by atoms with Crippen LogP contribution in [0.2, 0.25) is 0 Å². The standard InChI is InChI=1S/C14H22NOP/c1-11(2)15-9-7-14(16,8-10-15)12-3-5-13(17)6-4-12/h3-6,11,16H,7-10,17H2,1-2H3. The van der Waals surface area contributed by atoms with Gasteiger partial charge in [-0.3, -0.25) is 0 Å². The van der Waals surface area contributed by atoms with Gasteiger partial charge in [-0.1, -0.05) is 24.3 Å². The van der Waals surface area contributed by atoms with E-state index in [9.17, 15) is 5.11 Å². The number of hydrogen-bond acceptors (Lipinski definition) is 2. The topological polar surface area (TPSA) is 23.5 Å². The van der Waals surface area contributed by atoms with Crippen molar-refractivity contribution < 1.29 is 5.11 Å². The Balaban J connectivity index is 2.09. The summed E-state index contributed by atoms with van der Waals surface area (Å²) < 4.78 is 0. The van der Waals surface area contributed by atoms with Crippen molar-refractivity contribution in [2.75, 3.05) is 13.1 Å². The summed E-state index contributed by atoms with van der Waals surface area (Å²) >= 11 is 0. The summed E-state index contributed by atoms with van der Waals surface area (Å²) in [4.78, 5) is 2.43. The summed E-state index contributed by atoms with van der Waals surface area (Å²) in [6.45, 7) is 6.40. The molecule has 0 aromatic heterocycles. The van der Waals surface area contributed by atoms with E-state index in [1.165, 1.54) is 0 Å². The monoisotopic (exact) mass is 251 g/mol. The number of piperidine rings is 1. The second-order valence-corrected chi connectivity index (χ2v) is 5.95. The van der Waals surface area contributed by atoms with Crippen molar-refractivity contribution in [1.29, 1.82) is 0 Å². The van der Waals surface area contributed by atoms with Crippen LogP contribution in [0.15, 0.2) is 24.3 Å². The first-order chi connectivity index (χ1) is 8.01. The van der Waals surface area contributed by atoms with E-state index < -0.39 is 5.60 Å². The van der Waals surface area contributed by atoms with E-state index in [-0.39, 0.29) is 0 Å². The van der Waals surface area contributed by atoms with Crippen molar-refractivity contribution >= 4 is 14.5 Å². The van der Waals surface area contributed by atoms with Crippen LogP contribution in [0, 0.1) is 0 Å². The minimum atomic E-state index is -0.621. The van der Waals surface area contributed by atoms with Crippen LogP contribution in [0.5, 0.6) is 0 Å². The maximum atomic E-state index is 10.7. The molecule has 1 N–H and O–H groups in total. The highest BCUT2D eigenvalue weighted by Crippen LogP contribution is 2.32. The van der Waals surface area contributed by atoms with Gasteiger partial charge >= 0.3 is 0 Å². The van der Waals surface area contributed by atoms with Crippen molar-refractivity contribution in [3.8, 4) is 0 Å². The Morgan fingerprint density at radius 3 is 2.18 bits per heavy atom. The minimum Gasteiger partial charge on any atom is -0.385 e. The number of hydrogen-bond donors (Lipinski definition) is 1. The molecule has 1 atom stereocenters. The second-order valence-electron chi connectivity index (χ2n) is 5.28. The van der Waals surface area contributed by atoms with Gasteiger partial charge in [-0.25, -0.2) is 0 Å². The average molecular weight is 251 g/mol. The lowest BCUT2D eigenvalue weighted by molar-refractivity contribution is -0.0323. The second kappa shape index (κ2) is 5.06. The van der Waals surface area contributed by atoms with E-state index in [1.807, 2.05) is 24.3 Å². The van der Waals surface area contributed by atoms with E-state index in [0.717, 1.165) is 36.8 Å². The molecule has 1 unspecified atom stereocenters. The van der Waals surface area contributed by atoms with Gasteiger partial charge in [0.15, 0.2) is 0 Å². The van der Waals surface area contributed by atoms with E-state index in [2.05, 4.69) is 28.0 Å². The van der Waals surface area contributed by atoms with Crippen LogP contribution in [0.1, 0.15) is 32.3 Å². The summed E-state index contributed by atoms with van der Waals surface area (Å²) in [6.07, 6.45) is 1.67. The molecule has 0 radical (unpaired) electrons. The maximum absolute atomic E-state index is 10.7. The SMILES string of the molecule is CC(C)N1CCC(O)(c2ccc(P)cc2)CC1. The zero-order valence-corrected chi connectivity index (χ0v) is 11.8. The summed E-state index contributed by atoms with van der Waals surface area (Å²) in [5, 5.41) is 11.9. The van der Waals surface area contributed by atoms with Gasteiger partial charge in [0.2, 0.25) is 0 Å². The Bertz CT molecular complexity index is 366. The van der Waals surface area contributed by atoms with Gasteiger partial charge < -0.3 is 10.0 Å². The highest BCUT2D eigenvalue weighted by Gasteiger charge is 2.34. The molecular weight excluding hydrogens is 229 g/mol. The van der Waals surface area contributed by atoms with Crippen molar-refractivity contribution in [2.45, 2.75) is 38.3 Å². The Morgan fingerprint density at radius 2 is 1.71 bits per heavy atom. The molecule has 0 amide bonds. The predicted molar refractivity (Wildman–Crippen MR) is 75.6 cm³/mol. The predicted octanol–water partition coefficient (Wildman–Crippen LogP) is 1.88. The Hall–Kier alpha value is -0.430. The quantitative estimate of drug-likeness (QED) is 0.811. The molecule has 0 aliphatic carbocycles. The molecule has 1 saturated heterocycles. The molecule has 1 aliphatic rings. The van der Waals surface area contributed by atoms with Gasteiger partial charge in [-0.05, 0) is 37.6 Å². The fraction of sp³-hybridized carbons (Fsp3) is 0.571. The molecule has 1 fully saturated rings. The lowest BCUT2D eigenvalue weighted by Gasteiger charge is -2.40. The van der Waals surface area contributed by atoms with E-state index in [1.54, 1.807) is 0 Å². The molecule has 2 nitrogen and oxygen atoms in total. The number of benzene rings is 1. The lowest BCUT2D eigenvalue weighted by atomic mass is 9.84. The Kier molecular flexibility index (Phi) is 3.87. The van der Waals surface area contributed by atoms with E-state index >= 15 is 0 Å². The molecule has 1 heterocycles. The maximum Gasteiger partial charge on any atom is 0.0920 e. The van der Waals surface area contributed by atoms with Gasteiger partial charge in [-0.15, -0.1) is 9.24 Å². The van der Waals surface area contributed by atoms with Crippen molar-refractivity contribution in [3.05, 3.63) is 29.8 Å². The third kappa shape index (κ3) is 2.88. The molecule has 2 rings (SSSR count). The molecule has 94 valence electrons. The van der Waals surface area contributed by atoms with Crippen molar-refractivity contribution in [3.63, 3.8) is 0 Å². The van der Waals surface area contributed by atoms with Crippen LogP contribution in [0.4, 0.5) is 0 Å². The smallest absolute Gasteiger partial charge is 0.0920 e. The molecule has 0 bridgehead atoms. The normalized spacial score (nSPS) is 20.8. The Labute approximate surface area is 106 Å². The molecule has 17 heavy (non-hydrogen) atoms. The van der Waals surface area contributed by atoms with Gasteiger partial charge in [0, 0.05) is 19.1 Å². The molecule has 3 heteroatoms. The molecule has 0 saturated carbocycles.